The van der Waals surface area contributed by atoms with Gasteiger partial charge in [-0.25, -0.2) is 22.5 Å². The molecule has 1 unspecified atom stereocenters. The molecule has 0 saturated carbocycles. The van der Waals surface area contributed by atoms with Gasteiger partial charge in [-0.15, -0.1) is 0 Å². The van der Waals surface area contributed by atoms with Gasteiger partial charge in [-0.2, -0.15) is 0 Å². The molecule has 0 radical (unpaired) electrons. The number of rotatable bonds is 5. The third-order valence-electron chi connectivity index (χ3n) is 5.94. The molecule has 170 valence electrons. The quantitative estimate of drug-likeness (QED) is 0.483. The number of alkyl halides is 2. The molecule has 1 aromatic carbocycles. The van der Waals surface area contributed by atoms with Crippen molar-refractivity contribution in [1.29, 1.82) is 0 Å². The summed E-state index contributed by atoms with van der Waals surface area (Å²) in [6, 6.07) is 4.58. The average Bonchev–Trinajstić information content (AvgIpc) is 2.91. The number of hydrogen-bond acceptors (Lipinski definition) is 4. The van der Waals surface area contributed by atoms with Crippen LogP contribution in [0.4, 0.5) is 17.6 Å². The minimum Gasteiger partial charge on any atom is -0.475 e. The van der Waals surface area contributed by atoms with E-state index in [0.29, 0.717) is 11.5 Å². The number of halogens is 4. The summed E-state index contributed by atoms with van der Waals surface area (Å²) in [6.45, 7) is 5.25. The fraction of sp³-hybridized carbons (Fsp3) is 0.417. The third kappa shape index (κ3) is 4.70. The van der Waals surface area contributed by atoms with Crippen LogP contribution in [0.1, 0.15) is 45.1 Å². The molecule has 1 aliphatic rings. The van der Waals surface area contributed by atoms with Crippen LogP contribution in [-0.2, 0) is 0 Å². The molecule has 1 aliphatic heterocycles. The number of ether oxygens (including phenoxy) is 1. The van der Waals surface area contributed by atoms with E-state index in [0.717, 1.165) is 37.9 Å². The van der Waals surface area contributed by atoms with Gasteiger partial charge in [0.25, 0.3) is 6.43 Å². The summed E-state index contributed by atoms with van der Waals surface area (Å²) in [6.07, 6.45) is 2.95. The zero-order valence-corrected chi connectivity index (χ0v) is 18.0. The first-order chi connectivity index (χ1) is 15.3. The van der Waals surface area contributed by atoms with Crippen LogP contribution >= 0.6 is 0 Å². The molecule has 1 fully saturated rings. The molecule has 2 aromatic heterocycles. The lowest BCUT2D eigenvalue weighted by Crippen LogP contribution is -2.47. The Labute approximate surface area is 184 Å². The largest absolute Gasteiger partial charge is 0.475 e. The first-order valence-corrected chi connectivity index (χ1v) is 10.7. The van der Waals surface area contributed by atoms with Crippen molar-refractivity contribution < 1.29 is 22.3 Å². The lowest BCUT2D eigenvalue weighted by molar-refractivity contribution is 0.133. The van der Waals surface area contributed by atoms with Gasteiger partial charge in [0.05, 0.1) is 11.1 Å². The minimum atomic E-state index is -2.83. The van der Waals surface area contributed by atoms with Gasteiger partial charge >= 0.3 is 0 Å². The number of aromatic nitrogens is 2. The smallest absolute Gasteiger partial charge is 0.269 e. The molecule has 3 aromatic rings. The van der Waals surface area contributed by atoms with E-state index in [1.165, 1.54) is 24.5 Å². The summed E-state index contributed by atoms with van der Waals surface area (Å²) >= 11 is 0. The van der Waals surface area contributed by atoms with E-state index in [1.54, 1.807) is 0 Å². The van der Waals surface area contributed by atoms with Crippen molar-refractivity contribution in [1.82, 2.24) is 15.3 Å². The summed E-state index contributed by atoms with van der Waals surface area (Å²) in [5.41, 5.74) is -0.0391. The van der Waals surface area contributed by atoms with Gasteiger partial charge in [0.2, 0.25) is 5.88 Å². The van der Waals surface area contributed by atoms with Crippen molar-refractivity contribution in [2.24, 2.45) is 5.92 Å². The Morgan fingerprint density at radius 2 is 2.03 bits per heavy atom. The number of nitrogens with one attached hydrogen (secondary N) is 1. The number of pyridine rings is 2. The summed E-state index contributed by atoms with van der Waals surface area (Å²) in [5.74, 6) is -1.22. The maximum Gasteiger partial charge on any atom is 0.269 e. The van der Waals surface area contributed by atoms with Crippen LogP contribution in [0.2, 0.25) is 0 Å². The SMILES string of the molecule is CC1CCCN[C@@](C)(COc2ncc(-c3ccnc4cc(F)cc(F)c34)cc2C(F)F)C1. The molecule has 3 heterocycles. The van der Waals surface area contributed by atoms with E-state index >= 15 is 0 Å². The van der Waals surface area contributed by atoms with Crippen molar-refractivity contribution in [3.05, 3.63) is 53.9 Å². The van der Waals surface area contributed by atoms with Gasteiger partial charge in [-0.05, 0) is 56.3 Å². The Kier molecular flexibility index (Phi) is 6.33. The van der Waals surface area contributed by atoms with E-state index in [9.17, 15) is 17.6 Å². The highest BCUT2D eigenvalue weighted by atomic mass is 19.3. The summed E-state index contributed by atoms with van der Waals surface area (Å²) < 4.78 is 61.6. The highest BCUT2D eigenvalue weighted by Gasteiger charge is 2.30. The number of nitrogens with zero attached hydrogens (tertiary/aromatic N) is 2. The third-order valence-corrected chi connectivity index (χ3v) is 5.94. The predicted octanol–water partition coefficient (Wildman–Crippen LogP) is 6.06. The second-order valence-corrected chi connectivity index (χ2v) is 8.79. The summed E-state index contributed by atoms with van der Waals surface area (Å²) in [7, 11) is 0. The van der Waals surface area contributed by atoms with Gasteiger partial charge in [-0.1, -0.05) is 6.92 Å². The molecule has 1 saturated heterocycles. The van der Waals surface area contributed by atoms with Crippen molar-refractivity contribution in [3.8, 4) is 17.0 Å². The topological polar surface area (TPSA) is 47.0 Å². The van der Waals surface area contributed by atoms with Crippen LogP contribution in [0.25, 0.3) is 22.0 Å². The monoisotopic (exact) mass is 447 g/mol. The lowest BCUT2D eigenvalue weighted by Gasteiger charge is -2.31. The minimum absolute atomic E-state index is 0.0498. The van der Waals surface area contributed by atoms with Gasteiger partial charge < -0.3 is 10.1 Å². The number of hydrogen-bond donors (Lipinski definition) is 1. The van der Waals surface area contributed by atoms with E-state index < -0.39 is 18.1 Å². The fourth-order valence-corrected chi connectivity index (χ4v) is 4.46. The van der Waals surface area contributed by atoms with Crippen molar-refractivity contribution in [2.45, 2.75) is 45.1 Å². The van der Waals surface area contributed by atoms with Gasteiger partial charge in [0, 0.05) is 41.0 Å². The first kappa shape index (κ1) is 22.5. The van der Waals surface area contributed by atoms with E-state index in [4.69, 9.17) is 4.74 Å². The molecule has 4 rings (SSSR count). The molecular weight excluding hydrogens is 422 g/mol. The molecular formula is C24H25F4N3O. The van der Waals surface area contributed by atoms with E-state index in [2.05, 4.69) is 22.2 Å². The highest BCUT2D eigenvalue weighted by Crippen LogP contribution is 2.35. The Hall–Kier alpha value is -2.74. The van der Waals surface area contributed by atoms with Crippen LogP contribution in [-0.4, -0.2) is 28.7 Å². The van der Waals surface area contributed by atoms with Gasteiger partial charge in [0.15, 0.2) is 0 Å². The fourth-order valence-electron chi connectivity index (χ4n) is 4.46. The first-order valence-electron chi connectivity index (χ1n) is 10.7. The van der Waals surface area contributed by atoms with E-state index in [1.807, 2.05) is 6.92 Å². The van der Waals surface area contributed by atoms with Crippen molar-refractivity contribution in [2.75, 3.05) is 13.2 Å². The van der Waals surface area contributed by atoms with Crippen molar-refractivity contribution in [3.63, 3.8) is 0 Å². The zero-order chi connectivity index (χ0) is 22.9. The van der Waals surface area contributed by atoms with Crippen LogP contribution in [0.5, 0.6) is 5.88 Å². The molecule has 0 aliphatic carbocycles. The number of benzene rings is 1. The molecule has 4 nitrogen and oxygen atoms in total. The standard InChI is InChI=1S/C24H25F4N3O/c1-14-4-3-6-31-24(2,11-14)13-32-23-18(22(27)28)8-15(12-30-23)17-5-7-29-20-10-16(25)9-19(26)21(17)20/h5,7-10,12,14,22,31H,3-4,6,11,13H2,1-2H3/t14?,24-/m1/s1. The molecule has 0 spiro atoms. The summed E-state index contributed by atoms with van der Waals surface area (Å²) in [5, 5.41) is 3.51. The Balaban J connectivity index is 1.67. The second kappa shape index (κ2) is 9.02. The lowest BCUT2D eigenvalue weighted by atomic mass is 9.90. The van der Waals surface area contributed by atoms with Crippen LogP contribution in [0, 0.1) is 17.6 Å². The molecule has 2 atom stereocenters. The summed E-state index contributed by atoms with van der Waals surface area (Å²) in [4.78, 5) is 8.13. The maximum atomic E-state index is 14.5. The van der Waals surface area contributed by atoms with Crippen LogP contribution in [0.3, 0.4) is 0 Å². The molecule has 0 amide bonds. The Morgan fingerprint density at radius 3 is 2.81 bits per heavy atom. The van der Waals surface area contributed by atoms with Gasteiger partial charge in [-0.3, -0.25) is 4.98 Å². The molecule has 1 N–H and O–H groups in total. The predicted molar refractivity (Wildman–Crippen MR) is 115 cm³/mol. The van der Waals surface area contributed by atoms with Gasteiger partial charge in [0.1, 0.15) is 18.2 Å². The normalized spacial score (nSPS) is 21.7. The van der Waals surface area contributed by atoms with Crippen molar-refractivity contribution >= 4 is 10.9 Å². The zero-order valence-electron chi connectivity index (χ0n) is 18.0. The number of fused-ring (bicyclic) bond motifs is 1. The highest BCUT2D eigenvalue weighted by molar-refractivity contribution is 5.94. The molecule has 0 bridgehead atoms. The maximum absolute atomic E-state index is 14.5. The Morgan fingerprint density at radius 1 is 1.22 bits per heavy atom. The molecule has 32 heavy (non-hydrogen) atoms. The second-order valence-electron chi connectivity index (χ2n) is 8.79. The van der Waals surface area contributed by atoms with Crippen LogP contribution in [0.15, 0.2) is 36.7 Å². The van der Waals surface area contributed by atoms with Crippen LogP contribution < -0.4 is 10.1 Å². The Bertz CT molecular complexity index is 1120. The van der Waals surface area contributed by atoms with E-state index in [-0.39, 0.29) is 40.1 Å². The average molecular weight is 447 g/mol. The molecule has 8 heteroatoms.